The average Bonchev–Trinajstić information content (AvgIpc) is 2.80. The summed E-state index contributed by atoms with van der Waals surface area (Å²) in [5, 5.41) is 18.7. The Labute approximate surface area is 101 Å². The van der Waals surface area contributed by atoms with Crippen LogP contribution in [-0.4, -0.2) is 29.4 Å². The molecule has 0 saturated heterocycles. The fourth-order valence-corrected chi connectivity index (χ4v) is 1.39. The zero-order valence-electron chi connectivity index (χ0n) is 10.2. The Balaban J connectivity index is 0. The maximum Gasteiger partial charge on any atom is 0.349 e. The molecule has 0 aromatic carbocycles. The Kier molecular flexibility index (Phi) is 13.0. The van der Waals surface area contributed by atoms with Crippen molar-refractivity contribution in [2.45, 2.75) is 27.7 Å². The largest absolute Gasteiger partial charge is 0.489 e. The number of ether oxygens (including phenoxy) is 1. The molecule has 0 aliphatic carbocycles. The van der Waals surface area contributed by atoms with Crippen LogP contribution in [0.5, 0.6) is 5.75 Å². The lowest BCUT2D eigenvalue weighted by atomic mass is 10.4. The molecule has 16 heavy (non-hydrogen) atoms. The van der Waals surface area contributed by atoms with E-state index < -0.39 is 5.97 Å². The van der Waals surface area contributed by atoms with Gasteiger partial charge in [0.2, 0.25) is 0 Å². The Morgan fingerprint density at radius 2 is 1.94 bits per heavy atom. The molecule has 0 saturated carbocycles. The van der Waals surface area contributed by atoms with Gasteiger partial charge in [0.05, 0.1) is 6.61 Å². The van der Waals surface area contributed by atoms with Crippen LogP contribution >= 0.6 is 11.3 Å². The van der Waals surface area contributed by atoms with Crippen LogP contribution in [-0.2, 0) is 0 Å². The molecule has 1 heterocycles. The molecule has 1 aromatic heterocycles. The number of hydrogen-bond donors (Lipinski definition) is 2. The summed E-state index contributed by atoms with van der Waals surface area (Å²) >= 11 is 1.10. The number of aromatic carboxylic acids is 1. The smallest absolute Gasteiger partial charge is 0.349 e. The van der Waals surface area contributed by atoms with E-state index >= 15 is 0 Å². The lowest BCUT2D eigenvalue weighted by molar-refractivity contribution is 0.0696. The predicted molar refractivity (Wildman–Crippen MR) is 66.6 cm³/mol. The molecule has 0 aliphatic heterocycles. The molecular formula is C11H20O4S. The van der Waals surface area contributed by atoms with Crippen molar-refractivity contribution in [2.24, 2.45) is 0 Å². The Morgan fingerprint density at radius 1 is 1.38 bits per heavy atom. The monoisotopic (exact) mass is 248 g/mol. The van der Waals surface area contributed by atoms with Gasteiger partial charge in [-0.15, -0.1) is 11.3 Å². The van der Waals surface area contributed by atoms with Gasteiger partial charge in [0.1, 0.15) is 12.4 Å². The number of hydrogen-bond acceptors (Lipinski definition) is 4. The Bertz CT molecular complexity index is 271. The van der Waals surface area contributed by atoms with Crippen molar-refractivity contribution >= 4 is 17.3 Å². The average molecular weight is 248 g/mol. The SMILES string of the molecule is CC.CC.O=C(O)c1sccc1OCCO. The zero-order chi connectivity index (χ0) is 13.0. The van der Waals surface area contributed by atoms with Crippen molar-refractivity contribution in [3.05, 3.63) is 16.3 Å². The van der Waals surface area contributed by atoms with Crippen LogP contribution in [0.1, 0.15) is 37.4 Å². The quantitative estimate of drug-likeness (QED) is 0.859. The summed E-state index contributed by atoms with van der Waals surface area (Å²) in [4.78, 5) is 10.7. The van der Waals surface area contributed by atoms with Crippen LogP contribution in [0.3, 0.4) is 0 Å². The minimum atomic E-state index is -1.00. The molecule has 1 rings (SSSR count). The molecule has 94 valence electrons. The predicted octanol–water partition coefficient (Wildman–Crippen LogP) is 2.87. The second-order valence-corrected chi connectivity index (χ2v) is 2.91. The minimum absolute atomic E-state index is 0.116. The highest BCUT2D eigenvalue weighted by Gasteiger charge is 2.11. The summed E-state index contributed by atoms with van der Waals surface area (Å²) in [5.41, 5.74) is 0. The number of aliphatic hydroxyl groups is 1. The fourth-order valence-electron chi connectivity index (χ4n) is 0.723. The van der Waals surface area contributed by atoms with Crippen molar-refractivity contribution < 1.29 is 19.7 Å². The van der Waals surface area contributed by atoms with Gasteiger partial charge in [-0.3, -0.25) is 0 Å². The number of carboxylic acids is 1. The van der Waals surface area contributed by atoms with Crippen molar-refractivity contribution in [3.8, 4) is 5.75 Å². The van der Waals surface area contributed by atoms with Crippen LogP contribution < -0.4 is 4.74 Å². The summed E-state index contributed by atoms with van der Waals surface area (Å²) in [6, 6.07) is 1.57. The van der Waals surface area contributed by atoms with Crippen LogP contribution in [0.2, 0.25) is 0 Å². The van der Waals surface area contributed by atoms with Gasteiger partial charge in [0.15, 0.2) is 4.88 Å². The fraction of sp³-hybridized carbons (Fsp3) is 0.545. The Hall–Kier alpha value is -1.07. The molecule has 0 amide bonds. The summed E-state index contributed by atoms with van der Waals surface area (Å²) in [7, 11) is 0. The number of thiophene rings is 1. The first-order valence-electron chi connectivity index (χ1n) is 5.30. The molecule has 5 heteroatoms. The van der Waals surface area contributed by atoms with Gasteiger partial charge in [-0.05, 0) is 11.4 Å². The van der Waals surface area contributed by atoms with Gasteiger partial charge in [0.25, 0.3) is 0 Å². The normalized spacial score (nSPS) is 8.06. The highest BCUT2D eigenvalue weighted by atomic mass is 32.1. The summed E-state index contributed by atoms with van der Waals surface area (Å²) in [5.74, 6) is -0.681. The van der Waals surface area contributed by atoms with E-state index in [2.05, 4.69) is 0 Å². The van der Waals surface area contributed by atoms with Crippen molar-refractivity contribution in [3.63, 3.8) is 0 Å². The number of carbonyl (C=O) groups is 1. The molecule has 0 spiro atoms. The first-order chi connectivity index (χ1) is 7.75. The molecule has 0 bridgehead atoms. The lowest BCUT2D eigenvalue weighted by Crippen LogP contribution is -2.04. The second-order valence-electron chi connectivity index (χ2n) is 1.99. The van der Waals surface area contributed by atoms with E-state index in [1.54, 1.807) is 11.4 Å². The molecule has 1 aromatic rings. The number of carboxylic acid groups (broad SMARTS) is 1. The Morgan fingerprint density at radius 3 is 2.38 bits per heavy atom. The highest BCUT2D eigenvalue weighted by molar-refractivity contribution is 7.12. The number of aliphatic hydroxyl groups excluding tert-OH is 1. The van der Waals surface area contributed by atoms with Crippen LogP contribution in [0.4, 0.5) is 0 Å². The van der Waals surface area contributed by atoms with E-state index in [-0.39, 0.29) is 18.1 Å². The molecule has 0 atom stereocenters. The van der Waals surface area contributed by atoms with Gasteiger partial charge in [-0.1, -0.05) is 27.7 Å². The van der Waals surface area contributed by atoms with E-state index in [0.717, 1.165) is 11.3 Å². The van der Waals surface area contributed by atoms with Crippen LogP contribution in [0, 0.1) is 0 Å². The van der Waals surface area contributed by atoms with Crippen LogP contribution in [0.25, 0.3) is 0 Å². The van der Waals surface area contributed by atoms with E-state index in [0.29, 0.717) is 5.75 Å². The third kappa shape index (κ3) is 6.42. The molecular weight excluding hydrogens is 228 g/mol. The lowest BCUT2D eigenvalue weighted by Gasteiger charge is -2.01. The van der Waals surface area contributed by atoms with E-state index in [9.17, 15) is 4.79 Å². The van der Waals surface area contributed by atoms with Crippen LogP contribution in [0.15, 0.2) is 11.4 Å². The summed E-state index contributed by atoms with van der Waals surface area (Å²) in [6.07, 6.45) is 0. The third-order valence-electron chi connectivity index (χ3n) is 1.17. The zero-order valence-corrected chi connectivity index (χ0v) is 11.0. The van der Waals surface area contributed by atoms with Gasteiger partial charge in [-0.25, -0.2) is 4.79 Å². The van der Waals surface area contributed by atoms with E-state index in [1.165, 1.54) is 0 Å². The third-order valence-corrected chi connectivity index (χ3v) is 2.06. The maximum atomic E-state index is 10.5. The molecule has 0 fully saturated rings. The van der Waals surface area contributed by atoms with Gasteiger partial charge < -0.3 is 14.9 Å². The number of rotatable bonds is 4. The first-order valence-corrected chi connectivity index (χ1v) is 6.18. The van der Waals surface area contributed by atoms with Crippen molar-refractivity contribution in [2.75, 3.05) is 13.2 Å². The van der Waals surface area contributed by atoms with Gasteiger partial charge >= 0.3 is 5.97 Å². The summed E-state index contributed by atoms with van der Waals surface area (Å²) in [6.45, 7) is 8.01. The maximum absolute atomic E-state index is 10.5. The molecule has 0 aliphatic rings. The van der Waals surface area contributed by atoms with Crippen molar-refractivity contribution in [1.82, 2.24) is 0 Å². The molecule has 0 unspecified atom stereocenters. The van der Waals surface area contributed by atoms with Gasteiger partial charge in [0, 0.05) is 0 Å². The second kappa shape index (κ2) is 12.0. The van der Waals surface area contributed by atoms with Crippen molar-refractivity contribution in [1.29, 1.82) is 0 Å². The van der Waals surface area contributed by atoms with E-state index in [1.807, 2.05) is 27.7 Å². The highest BCUT2D eigenvalue weighted by Crippen LogP contribution is 2.24. The minimum Gasteiger partial charge on any atom is -0.489 e. The first kappa shape index (κ1) is 17.3. The molecule has 4 nitrogen and oxygen atoms in total. The summed E-state index contributed by atoms with van der Waals surface area (Å²) < 4.78 is 4.97. The standard InChI is InChI=1S/C7H8O4S.2C2H6/c8-2-3-11-5-1-4-12-6(5)7(9)10;2*1-2/h1,4,8H,2-3H2,(H,9,10);2*1-2H3. The van der Waals surface area contributed by atoms with Gasteiger partial charge in [-0.2, -0.15) is 0 Å². The van der Waals surface area contributed by atoms with E-state index in [4.69, 9.17) is 14.9 Å². The topological polar surface area (TPSA) is 66.8 Å². The molecule has 2 N–H and O–H groups in total. The molecule has 0 radical (unpaired) electrons.